The van der Waals surface area contributed by atoms with E-state index in [1.807, 2.05) is 6.26 Å². The Morgan fingerprint density at radius 3 is 2.75 bits per heavy atom. The first-order chi connectivity index (χ1) is 3.81. The van der Waals surface area contributed by atoms with E-state index in [-0.39, 0.29) is 0 Å². The maximum Gasteiger partial charge on any atom is 0.0476 e. The van der Waals surface area contributed by atoms with Gasteiger partial charge in [0.2, 0.25) is 0 Å². The number of hydrogen-bond donors (Lipinski definition) is 0. The highest BCUT2D eigenvalue weighted by Gasteiger charge is 1.90. The standard InChI is InChI=1S/C5H9ClS2/c1-8-5(7)3-2-4-6/h2-4H2,1H3. The normalized spacial score (nSPS) is 9.25. The predicted molar refractivity (Wildman–Crippen MR) is 46.1 cm³/mol. The highest BCUT2D eigenvalue weighted by atomic mass is 35.5. The molecule has 0 saturated carbocycles. The molecule has 0 atom stereocenters. The zero-order chi connectivity index (χ0) is 6.41. The average Bonchev–Trinajstić information content (AvgIpc) is 1.83. The van der Waals surface area contributed by atoms with Crippen molar-refractivity contribution < 1.29 is 0 Å². The number of hydrogen-bond acceptors (Lipinski definition) is 2. The fourth-order valence-electron chi connectivity index (χ4n) is 0.313. The molecule has 0 N–H and O–H groups in total. The second-order valence-electron chi connectivity index (χ2n) is 1.37. The second kappa shape index (κ2) is 5.86. The summed E-state index contributed by atoms with van der Waals surface area (Å²) in [6, 6.07) is 0. The molecule has 0 bridgehead atoms. The quantitative estimate of drug-likeness (QED) is 0.470. The van der Waals surface area contributed by atoms with E-state index in [4.69, 9.17) is 23.8 Å². The maximum atomic E-state index is 5.43. The Labute approximate surface area is 65.0 Å². The summed E-state index contributed by atoms with van der Waals surface area (Å²) in [6.45, 7) is 0. The van der Waals surface area contributed by atoms with Gasteiger partial charge in [-0.25, -0.2) is 0 Å². The van der Waals surface area contributed by atoms with E-state index in [1.165, 1.54) is 0 Å². The zero-order valence-corrected chi connectivity index (χ0v) is 7.20. The van der Waals surface area contributed by atoms with E-state index in [0.29, 0.717) is 0 Å². The van der Waals surface area contributed by atoms with Crippen LogP contribution >= 0.6 is 35.6 Å². The molecule has 0 aromatic heterocycles. The molecule has 48 valence electrons. The van der Waals surface area contributed by atoms with Crippen LogP contribution in [-0.4, -0.2) is 16.3 Å². The van der Waals surface area contributed by atoms with Gasteiger partial charge in [0.15, 0.2) is 0 Å². The molecule has 0 aliphatic carbocycles. The monoisotopic (exact) mass is 168 g/mol. The first-order valence-electron chi connectivity index (χ1n) is 2.44. The Morgan fingerprint density at radius 2 is 2.38 bits per heavy atom. The summed E-state index contributed by atoms with van der Waals surface area (Å²) in [5.41, 5.74) is 0. The fourth-order valence-corrected chi connectivity index (χ4v) is 0.940. The molecule has 3 heteroatoms. The van der Waals surface area contributed by atoms with Crippen molar-refractivity contribution in [1.82, 2.24) is 0 Å². The van der Waals surface area contributed by atoms with Crippen molar-refractivity contribution in [3.8, 4) is 0 Å². The summed E-state index contributed by atoms with van der Waals surface area (Å²) in [7, 11) is 0. The van der Waals surface area contributed by atoms with Crippen molar-refractivity contribution in [2.75, 3.05) is 12.1 Å². The summed E-state index contributed by atoms with van der Waals surface area (Å²) in [6.07, 6.45) is 4.00. The third-order valence-electron chi connectivity index (χ3n) is 0.742. The van der Waals surface area contributed by atoms with Crippen molar-refractivity contribution in [2.45, 2.75) is 12.8 Å². The maximum absolute atomic E-state index is 5.43. The number of halogens is 1. The van der Waals surface area contributed by atoms with Crippen LogP contribution in [0.25, 0.3) is 0 Å². The van der Waals surface area contributed by atoms with Gasteiger partial charge in [-0.1, -0.05) is 12.2 Å². The lowest BCUT2D eigenvalue weighted by Gasteiger charge is -1.93. The Kier molecular flexibility index (Phi) is 6.39. The molecule has 0 aromatic rings. The van der Waals surface area contributed by atoms with Crippen LogP contribution in [0.2, 0.25) is 0 Å². The number of rotatable bonds is 3. The Hall–Kier alpha value is 0.730. The van der Waals surface area contributed by atoms with E-state index >= 15 is 0 Å². The molecule has 0 radical (unpaired) electrons. The highest BCUT2D eigenvalue weighted by molar-refractivity contribution is 8.22. The van der Waals surface area contributed by atoms with Crippen LogP contribution < -0.4 is 0 Å². The van der Waals surface area contributed by atoms with Crippen LogP contribution in [0.15, 0.2) is 0 Å². The van der Waals surface area contributed by atoms with E-state index < -0.39 is 0 Å². The largest absolute Gasteiger partial charge is 0.127 e. The van der Waals surface area contributed by atoms with Gasteiger partial charge in [0.25, 0.3) is 0 Å². The lowest BCUT2D eigenvalue weighted by molar-refractivity contribution is 1.02. The molecule has 0 amide bonds. The van der Waals surface area contributed by atoms with Gasteiger partial charge >= 0.3 is 0 Å². The molecule has 8 heavy (non-hydrogen) atoms. The van der Waals surface area contributed by atoms with Crippen LogP contribution in [0.1, 0.15) is 12.8 Å². The first-order valence-corrected chi connectivity index (χ1v) is 4.60. The molecule has 0 aliphatic heterocycles. The van der Waals surface area contributed by atoms with Gasteiger partial charge in [-0.05, 0) is 19.1 Å². The third kappa shape index (κ3) is 4.88. The van der Waals surface area contributed by atoms with Crippen LogP contribution in [0, 0.1) is 0 Å². The van der Waals surface area contributed by atoms with Gasteiger partial charge in [-0.2, -0.15) is 0 Å². The van der Waals surface area contributed by atoms with Gasteiger partial charge in [0.05, 0.1) is 0 Å². The fraction of sp³-hybridized carbons (Fsp3) is 0.800. The van der Waals surface area contributed by atoms with Crippen molar-refractivity contribution >= 4 is 39.8 Å². The molecule has 0 rings (SSSR count). The molecule has 0 aliphatic rings. The summed E-state index contributed by atoms with van der Waals surface area (Å²) < 4.78 is 1.06. The zero-order valence-electron chi connectivity index (χ0n) is 4.82. The summed E-state index contributed by atoms with van der Waals surface area (Å²) in [4.78, 5) is 0. The average molecular weight is 169 g/mol. The molecule has 0 nitrogen and oxygen atoms in total. The minimum atomic E-state index is 0.723. The Morgan fingerprint density at radius 1 is 1.75 bits per heavy atom. The number of thioether (sulfide) groups is 1. The predicted octanol–water partition coefficient (Wildman–Crippen LogP) is 2.70. The minimum absolute atomic E-state index is 0.723. The van der Waals surface area contributed by atoms with Crippen molar-refractivity contribution in [2.24, 2.45) is 0 Å². The molecule has 0 unspecified atom stereocenters. The lowest BCUT2D eigenvalue weighted by Crippen LogP contribution is -1.86. The molecular formula is C5H9ClS2. The van der Waals surface area contributed by atoms with E-state index in [1.54, 1.807) is 11.8 Å². The molecule has 0 saturated heterocycles. The Bertz CT molecular complexity index is 72.8. The van der Waals surface area contributed by atoms with Gasteiger partial charge in [-0.3, -0.25) is 0 Å². The molecule has 0 heterocycles. The summed E-state index contributed by atoms with van der Waals surface area (Å²) in [5.74, 6) is 0.723. The van der Waals surface area contributed by atoms with Crippen molar-refractivity contribution in [3.63, 3.8) is 0 Å². The molecule has 0 aromatic carbocycles. The van der Waals surface area contributed by atoms with Crippen LogP contribution in [0.4, 0.5) is 0 Å². The van der Waals surface area contributed by atoms with Crippen LogP contribution in [0.3, 0.4) is 0 Å². The van der Waals surface area contributed by atoms with Crippen molar-refractivity contribution in [1.29, 1.82) is 0 Å². The van der Waals surface area contributed by atoms with Gasteiger partial charge < -0.3 is 0 Å². The van der Waals surface area contributed by atoms with Crippen molar-refractivity contribution in [3.05, 3.63) is 0 Å². The number of thiocarbonyl (C=S) groups is 1. The minimum Gasteiger partial charge on any atom is -0.127 e. The SMILES string of the molecule is CSC(=S)CCCCl. The van der Waals surface area contributed by atoms with Gasteiger partial charge in [0.1, 0.15) is 0 Å². The van der Waals surface area contributed by atoms with E-state index in [2.05, 4.69) is 0 Å². The third-order valence-corrected chi connectivity index (χ3v) is 2.37. The Balaban J connectivity index is 2.99. The van der Waals surface area contributed by atoms with E-state index in [9.17, 15) is 0 Å². The highest BCUT2D eigenvalue weighted by Crippen LogP contribution is 2.05. The lowest BCUT2D eigenvalue weighted by atomic mass is 10.4. The smallest absolute Gasteiger partial charge is 0.0476 e. The second-order valence-corrected chi connectivity index (χ2v) is 3.40. The van der Waals surface area contributed by atoms with Crippen LogP contribution in [-0.2, 0) is 0 Å². The van der Waals surface area contributed by atoms with Gasteiger partial charge in [0, 0.05) is 10.1 Å². The first kappa shape index (κ1) is 8.73. The molecule has 0 fully saturated rings. The topological polar surface area (TPSA) is 0 Å². The van der Waals surface area contributed by atoms with Gasteiger partial charge in [-0.15, -0.1) is 23.4 Å². The summed E-state index contributed by atoms with van der Waals surface area (Å²) in [5, 5.41) is 0. The molecular weight excluding hydrogens is 160 g/mol. The molecule has 0 spiro atoms. The number of alkyl halides is 1. The van der Waals surface area contributed by atoms with Crippen LogP contribution in [0.5, 0.6) is 0 Å². The summed E-state index contributed by atoms with van der Waals surface area (Å²) >= 11 is 12.0. The van der Waals surface area contributed by atoms with E-state index in [0.717, 1.165) is 22.9 Å².